The van der Waals surface area contributed by atoms with Crippen molar-refractivity contribution in [1.82, 2.24) is 0 Å². The van der Waals surface area contributed by atoms with Crippen LogP contribution in [0.5, 0.6) is 0 Å². The van der Waals surface area contributed by atoms with Crippen LogP contribution in [0.3, 0.4) is 0 Å². The van der Waals surface area contributed by atoms with E-state index in [1.54, 1.807) is 6.07 Å². The number of benzene rings is 1. The minimum Gasteiger partial charge on any atom is -0.476 e. The lowest BCUT2D eigenvalue weighted by Gasteiger charge is -2.35. The summed E-state index contributed by atoms with van der Waals surface area (Å²) in [4.78, 5) is 13.0. The molecule has 0 amide bonds. The van der Waals surface area contributed by atoms with Crippen molar-refractivity contribution in [2.45, 2.75) is 39.7 Å². The number of allylic oxidation sites excluding steroid dienone is 1. The highest BCUT2D eigenvalue weighted by molar-refractivity contribution is 6.33. The Balaban J connectivity index is 2.54. The summed E-state index contributed by atoms with van der Waals surface area (Å²) in [6.45, 7) is 6.62. The average Bonchev–Trinajstić information content (AvgIpc) is 2.44. The van der Waals surface area contributed by atoms with Gasteiger partial charge in [0.1, 0.15) is 0 Å². The van der Waals surface area contributed by atoms with E-state index < -0.39 is 11.8 Å². The lowest BCUT2D eigenvalue weighted by Crippen LogP contribution is -2.35. The Morgan fingerprint density at radius 3 is 2.67 bits per heavy atom. The number of nitrogens with zero attached hydrogens (tertiary/aromatic N) is 1. The molecule has 114 valence electrons. The van der Waals surface area contributed by atoms with Crippen LogP contribution < -0.4 is 4.90 Å². The highest BCUT2D eigenvalue weighted by Crippen LogP contribution is 2.38. The molecule has 21 heavy (non-hydrogen) atoms. The number of anilines is 1. The summed E-state index contributed by atoms with van der Waals surface area (Å²) in [5.41, 5.74) is 2.68. The number of hydrogen-bond acceptors (Lipinski definition) is 2. The molecule has 0 saturated heterocycles. The van der Waals surface area contributed by atoms with Gasteiger partial charge in [-0.25, -0.2) is 4.79 Å². The Hall–Kier alpha value is -1.55. The fourth-order valence-electron chi connectivity index (χ4n) is 2.74. The van der Waals surface area contributed by atoms with Gasteiger partial charge in [-0.1, -0.05) is 11.6 Å². The van der Waals surface area contributed by atoms with E-state index in [0.717, 1.165) is 30.6 Å². The molecule has 3 nitrogen and oxygen atoms in total. The largest absolute Gasteiger partial charge is 0.476 e. The van der Waals surface area contributed by atoms with E-state index in [4.69, 9.17) is 16.7 Å². The molecule has 0 radical (unpaired) electrons. The van der Waals surface area contributed by atoms with Crippen molar-refractivity contribution in [2.24, 2.45) is 0 Å². The van der Waals surface area contributed by atoms with Crippen LogP contribution >= 0.6 is 11.6 Å². The topological polar surface area (TPSA) is 40.5 Å². The number of carbonyl (C=O) groups is 1. The van der Waals surface area contributed by atoms with E-state index in [0.29, 0.717) is 16.6 Å². The van der Waals surface area contributed by atoms with Crippen molar-refractivity contribution in [3.05, 3.63) is 34.1 Å². The number of halogens is 2. The van der Waals surface area contributed by atoms with Gasteiger partial charge in [-0.15, -0.1) is 0 Å². The van der Waals surface area contributed by atoms with Gasteiger partial charge in [-0.3, -0.25) is 0 Å². The van der Waals surface area contributed by atoms with Crippen molar-refractivity contribution >= 4 is 28.8 Å². The highest BCUT2D eigenvalue weighted by Gasteiger charge is 2.23. The van der Waals surface area contributed by atoms with Crippen molar-refractivity contribution in [3.8, 4) is 0 Å². The van der Waals surface area contributed by atoms with Gasteiger partial charge in [-0.05, 0) is 62.4 Å². The molecule has 0 atom stereocenters. The van der Waals surface area contributed by atoms with Crippen molar-refractivity contribution in [2.75, 3.05) is 11.4 Å². The summed E-state index contributed by atoms with van der Waals surface area (Å²) >= 11 is 6.38. The number of carboxylic acid groups (broad SMARTS) is 1. The lowest BCUT2D eigenvalue weighted by molar-refractivity contribution is -0.134. The molecule has 1 aliphatic rings. The molecule has 0 bridgehead atoms. The van der Waals surface area contributed by atoms with Gasteiger partial charge in [0.05, 0.1) is 10.7 Å². The second kappa shape index (κ2) is 6.06. The first-order chi connectivity index (χ1) is 9.82. The smallest absolute Gasteiger partial charge is 0.365 e. The first kappa shape index (κ1) is 15.8. The van der Waals surface area contributed by atoms with E-state index >= 15 is 0 Å². The van der Waals surface area contributed by atoms with Crippen LogP contribution in [-0.2, 0) is 11.2 Å². The van der Waals surface area contributed by atoms with E-state index in [2.05, 4.69) is 18.7 Å². The maximum absolute atomic E-state index is 13.6. The number of aliphatic carboxylic acids is 1. The van der Waals surface area contributed by atoms with E-state index in [-0.39, 0.29) is 5.57 Å². The third-order valence-corrected chi connectivity index (χ3v) is 4.14. The summed E-state index contributed by atoms with van der Waals surface area (Å²) < 4.78 is 13.6. The van der Waals surface area contributed by atoms with Gasteiger partial charge in [0.15, 0.2) is 0 Å². The Morgan fingerprint density at radius 2 is 2.10 bits per heavy atom. The molecule has 0 aliphatic carbocycles. The molecule has 1 heterocycles. The van der Waals surface area contributed by atoms with Gasteiger partial charge in [0.2, 0.25) is 5.83 Å². The molecule has 2 rings (SSSR count). The molecule has 1 aromatic rings. The monoisotopic (exact) mass is 311 g/mol. The second-order valence-corrected chi connectivity index (χ2v) is 6.01. The standard InChI is InChI=1S/C16H19ClFNO2/c1-9(2)19-6-4-5-11-7-12(8-13(17)15(11)19)10(3)14(18)16(20)21/h7-9H,4-6H2,1-3H3,(H,20,21). The molecule has 1 aromatic carbocycles. The molecular weight excluding hydrogens is 293 g/mol. The van der Waals surface area contributed by atoms with E-state index in [1.807, 2.05) is 6.07 Å². The average molecular weight is 312 g/mol. The van der Waals surface area contributed by atoms with Crippen molar-refractivity contribution in [1.29, 1.82) is 0 Å². The van der Waals surface area contributed by atoms with E-state index in [1.165, 1.54) is 6.92 Å². The zero-order valence-electron chi connectivity index (χ0n) is 12.4. The van der Waals surface area contributed by atoms with Gasteiger partial charge in [-0.2, -0.15) is 4.39 Å². The van der Waals surface area contributed by atoms with Gasteiger partial charge < -0.3 is 10.0 Å². The third-order valence-electron chi connectivity index (χ3n) is 3.85. The Morgan fingerprint density at radius 1 is 1.43 bits per heavy atom. The molecule has 0 unspecified atom stereocenters. The summed E-state index contributed by atoms with van der Waals surface area (Å²) in [6.07, 6.45) is 1.88. The summed E-state index contributed by atoms with van der Waals surface area (Å²) in [5.74, 6) is -2.69. The fraction of sp³-hybridized carbons (Fsp3) is 0.438. The zero-order valence-corrected chi connectivity index (χ0v) is 13.2. The Labute approximate surface area is 129 Å². The normalized spacial score (nSPS) is 15.8. The molecule has 0 spiro atoms. The first-order valence-electron chi connectivity index (χ1n) is 7.02. The lowest BCUT2D eigenvalue weighted by atomic mass is 9.95. The van der Waals surface area contributed by atoms with E-state index in [9.17, 15) is 9.18 Å². The van der Waals surface area contributed by atoms with Crippen LogP contribution in [0.25, 0.3) is 5.57 Å². The minimum atomic E-state index is -1.55. The number of aryl methyl sites for hydroxylation is 1. The fourth-order valence-corrected chi connectivity index (χ4v) is 3.09. The second-order valence-electron chi connectivity index (χ2n) is 5.60. The van der Waals surface area contributed by atoms with Crippen molar-refractivity contribution < 1.29 is 14.3 Å². The van der Waals surface area contributed by atoms with Gasteiger partial charge >= 0.3 is 5.97 Å². The molecular formula is C16H19ClFNO2. The third kappa shape index (κ3) is 3.05. The van der Waals surface area contributed by atoms with Gasteiger partial charge in [0, 0.05) is 12.6 Å². The Kier molecular flexibility index (Phi) is 4.57. The predicted molar refractivity (Wildman–Crippen MR) is 83.6 cm³/mol. The molecule has 0 fully saturated rings. The molecule has 1 N–H and O–H groups in total. The minimum absolute atomic E-state index is 0.105. The number of rotatable bonds is 3. The van der Waals surface area contributed by atoms with Gasteiger partial charge in [0.25, 0.3) is 0 Å². The predicted octanol–water partition coefficient (Wildman–Crippen LogP) is 4.29. The highest BCUT2D eigenvalue weighted by atomic mass is 35.5. The number of carboxylic acids is 1. The quantitative estimate of drug-likeness (QED) is 0.847. The van der Waals surface area contributed by atoms with Crippen LogP contribution in [0.2, 0.25) is 5.02 Å². The maximum atomic E-state index is 13.6. The SMILES string of the molecule is CC(=C(F)C(=O)O)c1cc(Cl)c2c(c1)CCCN2C(C)C. The number of hydrogen-bond donors (Lipinski definition) is 1. The molecule has 0 aromatic heterocycles. The summed E-state index contributed by atoms with van der Waals surface area (Å²) in [5, 5.41) is 9.31. The van der Waals surface area contributed by atoms with Crippen molar-refractivity contribution in [3.63, 3.8) is 0 Å². The van der Waals surface area contributed by atoms with Crippen LogP contribution in [0.4, 0.5) is 10.1 Å². The number of fused-ring (bicyclic) bond motifs is 1. The van der Waals surface area contributed by atoms with Crippen LogP contribution in [0.15, 0.2) is 18.0 Å². The molecule has 0 saturated carbocycles. The first-order valence-corrected chi connectivity index (χ1v) is 7.39. The maximum Gasteiger partial charge on any atom is 0.365 e. The van der Waals surface area contributed by atoms with Crippen LogP contribution in [-0.4, -0.2) is 23.7 Å². The zero-order chi connectivity index (χ0) is 15.7. The van der Waals surface area contributed by atoms with Crippen LogP contribution in [0.1, 0.15) is 38.3 Å². The molecule has 1 aliphatic heterocycles. The summed E-state index contributed by atoms with van der Waals surface area (Å²) in [7, 11) is 0. The van der Waals surface area contributed by atoms with Crippen LogP contribution in [0, 0.1) is 0 Å². The summed E-state index contributed by atoms with van der Waals surface area (Å²) in [6, 6.07) is 3.84. The molecule has 5 heteroatoms. The Bertz CT molecular complexity index is 611.